The van der Waals surface area contributed by atoms with Crippen LogP contribution in [0.4, 0.5) is 0 Å². The Kier molecular flexibility index (Phi) is 3.91. The number of thiocarbonyl (C=S) groups is 1. The molecular weight excluding hydrogens is 212 g/mol. The molecule has 0 radical (unpaired) electrons. The fourth-order valence-corrected chi connectivity index (χ4v) is 2.37. The van der Waals surface area contributed by atoms with E-state index >= 15 is 0 Å². The van der Waals surface area contributed by atoms with Crippen LogP contribution < -0.4 is 5.73 Å². The lowest BCUT2D eigenvalue weighted by Crippen LogP contribution is -2.52. The Hall–Kier alpha value is -0.230. The molecule has 2 aliphatic rings. The van der Waals surface area contributed by atoms with Crippen molar-refractivity contribution in [2.24, 2.45) is 5.73 Å². The molecule has 0 bridgehead atoms. The summed E-state index contributed by atoms with van der Waals surface area (Å²) >= 11 is 4.97. The van der Waals surface area contributed by atoms with Crippen molar-refractivity contribution in [3.63, 3.8) is 0 Å². The smallest absolute Gasteiger partial charge is 0.120 e. The molecule has 2 N–H and O–H groups in total. The molecular formula is C10H18N2O2S. The van der Waals surface area contributed by atoms with Crippen molar-refractivity contribution in [2.45, 2.75) is 25.0 Å². The van der Waals surface area contributed by atoms with E-state index in [1.807, 2.05) is 0 Å². The number of nitrogens with two attached hydrogens (primary N) is 1. The van der Waals surface area contributed by atoms with Crippen LogP contribution >= 0.6 is 12.2 Å². The van der Waals surface area contributed by atoms with Crippen molar-refractivity contribution in [1.82, 2.24) is 4.90 Å². The van der Waals surface area contributed by atoms with E-state index in [-0.39, 0.29) is 6.10 Å². The Morgan fingerprint density at radius 3 is 2.67 bits per heavy atom. The largest absolute Gasteiger partial charge is 0.391 e. The number of hydrogen-bond acceptors (Lipinski definition) is 4. The lowest BCUT2D eigenvalue weighted by Gasteiger charge is -2.39. The standard InChI is InChI=1S/C10H18N2O2S/c11-10(15)9-7-12(3-6-14-9)8-1-4-13-5-2-8/h8-9H,1-7H2,(H2,11,15). The topological polar surface area (TPSA) is 47.7 Å². The zero-order valence-electron chi connectivity index (χ0n) is 8.85. The molecule has 0 spiro atoms. The molecule has 0 aliphatic carbocycles. The molecule has 2 fully saturated rings. The van der Waals surface area contributed by atoms with Crippen molar-refractivity contribution < 1.29 is 9.47 Å². The number of nitrogens with zero attached hydrogens (tertiary/aromatic N) is 1. The molecule has 1 unspecified atom stereocenters. The first kappa shape index (κ1) is 11.3. The summed E-state index contributed by atoms with van der Waals surface area (Å²) in [6, 6.07) is 0.625. The lowest BCUT2D eigenvalue weighted by atomic mass is 10.1. The first-order valence-electron chi connectivity index (χ1n) is 5.50. The van der Waals surface area contributed by atoms with E-state index < -0.39 is 0 Å². The second kappa shape index (κ2) is 5.21. The predicted octanol–water partition coefficient (Wildman–Crippen LogP) is 0.152. The molecule has 0 saturated carbocycles. The maximum atomic E-state index is 5.61. The van der Waals surface area contributed by atoms with Gasteiger partial charge in [-0.2, -0.15) is 0 Å². The molecule has 5 heteroatoms. The second-order valence-corrected chi connectivity index (χ2v) is 4.57. The average molecular weight is 230 g/mol. The van der Waals surface area contributed by atoms with E-state index in [0.29, 0.717) is 11.0 Å². The highest BCUT2D eigenvalue weighted by molar-refractivity contribution is 7.80. The molecule has 2 rings (SSSR count). The SMILES string of the molecule is NC(=S)C1CN(C2CCOCC2)CCO1. The Morgan fingerprint density at radius 1 is 1.27 bits per heavy atom. The summed E-state index contributed by atoms with van der Waals surface area (Å²) in [7, 11) is 0. The van der Waals surface area contributed by atoms with Gasteiger partial charge in [0, 0.05) is 32.3 Å². The van der Waals surface area contributed by atoms with Crippen LogP contribution in [0.15, 0.2) is 0 Å². The van der Waals surface area contributed by atoms with E-state index in [1.54, 1.807) is 0 Å². The average Bonchev–Trinajstić information content (AvgIpc) is 2.30. The zero-order valence-corrected chi connectivity index (χ0v) is 9.67. The summed E-state index contributed by atoms with van der Waals surface area (Å²) in [5.41, 5.74) is 5.61. The maximum absolute atomic E-state index is 5.61. The number of morpholine rings is 1. The Bertz CT molecular complexity index is 231. The molecule has 2 saturated heterocycles. The summed E-state index contributed by atoms with van der Waals surface area (Å²) in [6.45, 7) is 4.32. The minimum Gasteiger partial charge on any atom is -0.391 e. The summed E-state index contributed by atoms with van der Waals surface area (Å²) in [5, 5.41) is 0. The molecule has 2 aliphatic heterocycles. The summed E-state index contributed by atoms with van der Waals surface area (Å²) in [6.07, 6.45) is 2.17. The third kappa shape index (κ3) is 2.87. The molecule has 0 aromatic rings. The molecule has 86 valence electrons. The van der Waals surface area contributed by atoms with Gasteiger partial charge in [-0.1, -0.05) is 12.2 Å². The zero-order chi connectivity index (χ0) is 10.7. The highest BCUT2D eigenvalue weighted by Gasteiger charge is 2.28. The van der Waals surface area contributed by atoms with Crippen molar-refractivity contribution in [3.8, 4) is 0 Å². The second-order valence-electron chi connectivity index (χ2n) is 4.10. The maximum Gasteiger partial charge on any atom is 0.120 e. The first-order chi connectivity index (χ1) is 7.27. The van der Waals surface area contributed by atoms with E-state index in [0.717, 1.165) is 45.8 Å². The summed E-state index contributed by atoms with van der Waals surface area (Å²) in [4.78, 5) is 2.92. The molecule has 1 atom stereocenters. The third-order valence-electron chi connectivity index (χ3n) is 3.12. The van der Waals surface area contributed by atoms with Crippen molar-refractivity contribution in [3.05, 3.63) is 0 Å². The van der Waals surface area contributed by atoms with Gasteiger partial charge in [0.2, 0.25) is 0 Å². The number of hydrogen-bond donors (Lipinski definition) is 1. The van der Waals surface area contributed by atoms with Crippen LogP contribution in [0.5, 0.6) is 0 Å². The van der Waals surface area contributed by atoms with E-state index in [1.165, 1.54) is 0 Å². The molecule has 0 aromatic carbocycles. The van der Waals surface area contributed by atoms with Gasteiger partial charge in [0.05, 0.1) is 6.61 Å². The highest BCUT2D eigenvalue weighted by Crippen LogP contribution is 2.17. The van der Waals surface area contributed by atoms with Gasteiger partial charge in [-0.25, -0.2) is 0 Å². The van der Waals surface area contributed by atoms with Gasteiger partial charge in [0.25, 0.3) is 0 Å². The predicted molar refractivity (Wildman–Crippen MR) is 61.9 cm³/mol. The quantitative estimate of drug-likeness (QED) is 0.684. The summed E-state index contributed by atoms with van der Waals surface area (Å²) < 4.78 is 10.9. The Labute approximate surface area is 95.7 Å². The molecule has 15 heavy (non-hydrogen) atoms. The van der Waals surface area contributed by atoms with E-state index in [2.05, 4.69) is 4.90 Å². The molecule has 4 nitrogen and oxygen atoms in total. The van der Waals surface area contributed by atoms with Gasteiger partial charge in [0.1, 0.15) is 11.1 Å². The normalized spacial score (nSPS) is 30.3. The van der Waals surface area contributed by atoms with Crippen LogP contribution in [0.3, 0.4) is 0 Å². The number of rotatable bonds is 2. The van der Waals surface area contributed by atoms with E-state index in [4.69, 9.17) is 27.4 Å². The van der Waals surface area contributed by atoms with Gasteiger partial charge in [-0.3, -0.25) is 4.90 Å². The van der Waals surface area contributed by atoms with Crippen LogP contribution in [0.1, 0.15) is 12.8 Å². The van der Waals surface area contributed by atoms with Gasteiger partial charge in [-0.05, 0) is 12.8 Å². The minimum absolute atomic E-state index is 0.0587. The molecule has 2 heterocycles. The number of ether oxygens (including phenoxy) is 2. The molecule has 0 amide bonds. The minimum atomic E-state index is -0.0587. The van der Waals surface area contributed by atoms with E-state index in [9.17, 15) is 0 Å². The van der Waals surface area contributed by atoms with Crippen molar-refractivity contribution in [2.75, 3.05) is 32.9 Å². The van der Waals surface area contributed by atoms with Crippen LogP contribution in [0, 0.1) is 0 Å². The van der Waals surface area contributed by atoms with Gasteiger partial charge in [-0.15, -0.1) is 0 Å². The van der Waals surface area contributed by atoms with Crippen LogP contribution in [0.2, 0.25) is 0 Å². The molecule has 0 aromatic heterocycles. The van der Waals surface area contributed by atoms with Crippen LogP contribution in [-0.2, 0) is 9.47 Å². The Balaban J connectivity index is 1.88. The van der Waals surface area contributed by atoms with Crippen LogP contribution in [-0.4, -0.2) is 54.9 Å². The fourth-order valence-electron chi connectivity index (χ4n) is 2.22. The van der Waals surface area contributed by atoms with Gasteiger partial charge in [0.15, 0.2) is 0 Å². The first-order valence-corrected chi connectivity index (χ1v) is 5.91. The monoisotopic (exact) mass is 230 g/mol. The lowest BCUT2D eigenvalue weighted by molar-refractivity contribution is -0.0378. The third-order valence-corrected chi connectivity index (χ3v) is 3.39. The summed E-state index contributed by atoms with van der Waals surface area (Å²) in [5.74, 6) is 0. The van der Waals surface area contributed by atoms with Crippen molar-refractivity contribution >= 4 is 17.2 Å². The van der Waals surface area contributed by atoms with Gasteiger partial charge < -0.3 is 15.2 Å². The van der Waals surface area contributed by atoms with Crippen molar-refractivity contribution in [1.29, 1.82) is 0 Å². The fraction of sp³-hybridized carbons (Fsp3) is 0.900. The Morgan fingerprint density at radius 2 is 2.00 bits per heavy atom. The van der Waals surface area contributed by atoms with Crippen LogP contribution in [0.25, 0.3) is 0 Å². The van der Waals surface area contributed by atoms with Gasteiger partial charge >= 0.3 is 0 Å². The highest BCUT2D eigenvalue weighted by atomic mass is 32.1.